The minimum atomic E-state index is -0.736. The molecule has 1 unspecified atom stereocenters. The molecular formula is C12H17N3O3. The van der Waals surface area contributed by atoms with Gasteiger partial charge in [-0.05, 0) is 13.3 Å². The van der Waals surface area contributed by atoms with Gasteiger partial charge >= 0.3 is 5.97 Å². The Kier molecular flexibility index (Phi) is 3.76. The number of carboxylic acids is 1. The number of aryl methyl sites for hydroxylation is 1. The highest BCUT2D eigenvalue weighted by atomic mass is 16.5. The van der Waals surface area contributed by atoms with Gasteiger partial charge in [-0.2, -0.15) is 0 Å². The molecule has 2 heterocycles. The van der Waals surface area contributed by atoms with Gasteiger partial charge in [-0.3, -0.25) is 4.79 Å². The number of hydrogen-bond donors (Lipinski definition) is 1. The molecule has 2 rings (SSSR count). The second-order valence-electron chi connectivity index (χ2n) is 4.47. The summed E-state index contributed by atoms with van der Waals surface area (Å²) in [6.45, 7) is 3.50. The van der Waals surface area contributed by atoms with Crippen LogP contribution >= 0.6 is 0 Å². The minimum Gasteiger partial charge on any atom is -0.481 e. The summed E-state index contributed by atoms with van der Waals surface area (Å²) in [4.78, 5) is 21.6. The molecule has 98 valence electrons. The van der Waals surface area contributed by atoms with Gasteiger partial charge in [0.15, 0.2) is 0 Å². The van der Waals surface area contributed by atoms with Crippen molar-refractivity contribution >= 4 is 11.8 Å². The van der Waals surface area contributed by atoms with Crippen molar-refractivity contribution in [3.63, 3.8) is 0 Å². The molecule has 1 atom stereocenters. The van der Waals surface area contributed by atoms with E-state index in [0.29, 0.717) is 25.4 Å². The van der Waals surface area contributed by atoms with Gasteiger partial charge in [-0.15, -0.1) is 0 Å². The Morgan fingerprint density at radius 1 is 1.61 bits per heavy atom. The first-order valence-corrected chi connectivity index (χ1v) is 5.91. The van der Waals surface area contributed by atoms with Crippen molar-refractivity contribution < 1.29 is 14.6 Å². The molecule has 0 aromatic carbocycles. The molecule has 1 aliphatic rings. The molecule has 6 nitrogen and oxygen atoms in total. The topological polar surface area (TPSA) is 75.5 Å². The third kappa shape index (κ3) is 2.76. The fourth-order valence-corrected chi connectivity index (χ4v) is 2.17. The average Bonchev–Trinajstić information content (AvgIpc) is 2.78. The Balaban J connectivity index is 2.16. The SMILES string of the molecule is COCc1cc(N2CCC(C(=O)O)C2)nc(C)n1. The lowest BCUT2D eigenvalue weighted by molar-refractivity contribution is -0.140. The summed E-state index contributed by atoms with van der Waals surface area (Å²) in [5.41, 5.74) is 0.818. The number of carboxylic acid groups (broad SMARTS) is 1. The summed E-state index contributed by atoms with van der Waals surface area (Å²) in [7, 11) is 1.62. The second kappa shape index (κ2) is 5.30. The third-order valence-corrected chi connectivity index (χ3v) is 3.03. The molecule has 0 bridgehead atoms. The molecule has 0 saturated carbocycles. The predicted octanol–water partition coefficient (Wildman–Crippen LogP) is 0.842. The summed E-state index contributed by atoms with van der Waals surface area (Å²) >= 11 is 0. The lowest BCUT2D eigenvalue weighted by Gasteiger charge is -2.17. The molecule has 0 radical (unpaired) electrons. The van der Waals surface area contributed by atoms with Crippen molar-refractivity contribution in [2.75, 3.05) is 25.1 Å². The lowest BCUT2D eigenvalue weighted by atomic mass is 10.1. The van der Waals surface area contributed by atoms with E-state index in [1.54, 1.807) is 7.11 Å². The maximum absolute atomic E-state index is 10.9. The highest BCUT2D eigenvalue weighted by molar-refractivity contribution is 5.71. The van der Waals surface area contributed by atoms with Gasteiger partial charge < -0.3 is 14.7 Å². The first-order valence-electron chi connectivity index (χ1n) is 5.91. The molecular weight excluding hydrogens is 234 g/mol. The van der Waals surface area contributed by atoms with Crippen molar-refractivity contribution in [3.05, 3.63) is 17.6 Å². The smallest absolute Gasteiger partial charge is 0.308 e. The monoisotopic (exact) mass is 251 g/mol. The van der Waals surface area contributed by atoms with Crippen LogP contribution in [-0.4, -0.2) is 41.2 Å². The van der Waals surface area contributed by atoms with Gasteiger partial charge in [0.25, 0.3) is 0 Å². The maximum Gasteiger partial charge on any atom is 0.308 e. The van der Waals surface area contributed by atoms with Gasteiger partial charge in [0.2, 0.25) is 0 Å². The Morgan fingerprint density at radius 2 is 2.39 bits per heavy atom. The van der Waals surface area contributed by atoms with Gasteiger partial charge in [-0.1, -0.05) is 0 Å². The van der Waals surface area contributed by atoms with Crippen LogP contribution in [-0.2, 0) is 16.1 Å². The van der Waals surface area contributed by atoms with E-state index in [1.807, 2.05) is 17.9 Å². The van der Waals surface area contributed by atoms with E-state index < -0.39 is 5.97 Å². The van der Waals surface area contributed by atoms with Crippen LogP contribution in [0.1, 0.15) is 17.9 Å². The van der Waals surface area contributed by atoms with Crippen LogP contribution in [0.25, 0.3) is 0 Å². The van der Waals surface area contributed by atoms with Gasteiger partial charge in [0, 0.05) is 26.3 Å². The lowest BCUT2D eigenvalue weighted by Crippen LogP contribution is -2.24. The van der Waals surface area contributed by atoms with E-state index in [2.05, 4.69) is 9.97 Å². The highest BCUT2D eigenvalue weighted by Gasteiger charge is 2.28. The van der Waals surface area contributed by atoms with E-state index >= 15 is 0 Å². The number of methoxy groups -OCH3 is 1. The number of aromatic nitrogens is 2. The van der Waals surface area contributed by atoms with Crippen LogP contribution < -0.4 is 4.90 Å². The molecule has 1 fully saturated rings. The summed E-state index contributed by atoms with van der Waals surface area (Å²) in [5, 5.41) is 8.99. The number of aliphatic carboxylic acids is 1. The van der Waals surface area contributed by atoms with Gasteiger partial charge in [0.1, 0.15) is 11.6 Å². The number of ether oxygens (including phenoxy) is 1. The second-order valence-corrected chi connectivity index (χ2v) is 4.47. The molecule has 1 aromatic rings. The van der Waals surface area contributed by atoms with E-state index in [-0.39, 0.29) is 5.92 Å². The van der Waals surface area contributed by atoms with Crippen LogP contribution in [0.5, 0.6) is 0 Å². The van der Waals surface area contributed by atoms with E-state index in [0.717, 1.165) is 18.1 Å². The van der Waals surface area contributed by atoms with Crippen LogP contribution in [0.2, 0.25) is 0 Å². The molecule has 18 heavy (non-hydrogen) atoms. The standard InChI is InChI=1S/C12H17N3O3/c1-8-13-10(7-18-2)5-11(14-8)15-4-3-9(6-15)12(16)17/h5,9H,3-4,6-7H2,1-2H3,(H,16,17). The van der Waals surface area contributed by atoms with Crippen molar-refractivity contribution in [1.29, 1.82) is 0 Å². The van der Waals surface area contributed by atoms with Crippen LogP contribution in [0, 0.1) is 12.8 Å². The molecule has 1 aromatic heterocycles. The summed E-state index contributed by atoms with van der Waals surface area (Å²) < 4.78 is 5.06. The zero-order valence-corrected chi connectivity index (χ0v) is 10.6. The first kappa shape index (κ1) is 12.8. The fraction of sp³-hybridized carbons (Fsp3) is 0.583. The van der Waals surface area contributed by atoms with E-state index in [9.17, 15) is 4.79 Å². The molecule has 1 N–H and O–H groups in total. The van der Waals surface area contributed by atoms with Crippen molar-refractivity contribution in [1.82, 2.24) is 9.97 Å². The molecule has 1 aliphatic heterocycles. The predicted molar refractivity (Wildman–Crippen MR) is 65.4 cm³/mol. The average molecular weight is 251 g/mol. The number of nitrogens with zero attached hydrogens (tertiary/aromatic N) is 3. The van der Waals surface area contributed by atoms with E-state index in [1.165, 1.54) is 0 Å². The number of anilines is 1. The number of rotatable bonds is 4. The maximum atomic E-state index is 10.9. The summed E-state index contributed by atoms with van der Waals surface area (Å²) in [5.74, 6) is 0.433. The van der Waals surface area contributed by atoms with Crippen LogP contribution in [0.15, 0.2) is 6.07 Å². The molecule has 1 saturated heterocycles. The minimum absolute atomic E-state index is 0.300. The van der Waals surface area contributed by atoms with Crippen molar-refractivity contribution in [2.24, 2.45) is 5.92 Å². The summed E-state index contributed by atoms with van der Waals surface area (Å²) in [6.07, 6.45) is 0.665. The first-order chi connectivity index (χ1) is 8.60. The van der Waals surface area contributed by atoms with Crippen LogP contribution in [0.3, 0.4) is 0 Å². The zero-order chi connectivity index (χ0) is 13.1. The van der Waals surface area contributed by atoms with Crippen molar-refractivity contribution in [2.45, 2.75) is 20.0 Å². The number of carbonyl (C=O) groups is 1. The Morgan fingerprint density at radius 3 is 3.00 bits per heavy atom. The largest absolute Gasteiger partial charge is 0.481 e. The normalized spacial score (nSPS) is 19.2. The Labute approximate surface area is 106 Å². The molecule has 0 aliphatic carbocycles. The fourth-order valence-electron chi connectivity index (χ4n) is 2.17. The van der Waals surface area contributed by atoms with Gasteiger partial charge in [0.05, 0.1) is 18.2 Å². The Bertz CT molecular complexity index is 450. The number of hydrogen-bond acceptors (Lipinski definition) is 5. The summed E-state index contributed by atoms with van der Waals surface area (Å²) in [6, 6.07) is 1.86. The van der Waals surface area contributed by atoms with Gasteiger partial charge in [-0.25, -0.2) is 9.97 Å². The van der Waals surface area contributed by atoms with Crippen molar-refractivity contribution in [3.8, 4) is 0 Å². The third-order valence-electron chi connectivity index (χ3n) is 3.03. The quantitative estimate of drug-likeness (QED) is 0.854. The molecule has 6 heteroatoms. The Hall–Kier alpha value is -1.69. The van der Waals surface area contributed by atoms with Crippen LogP contribution in [0.4, 0.5) is 5.82 Å². The molecule has 0 amide bonds. The highest BCUT2D eigenvalue weighted by Crippen LogP contribution is 2.23. The van der Waals surface area contributed by atoms with E-state index in [4.69, 9.17) is 9.84 Å². The molecule has 0 spiro atoms. The zero-order valence-electron chi connectivity index (χ0n) is 10.6.